The fraction of sp³-hybridized carbons (Fsp3) is 0.588. The second-order valence-electron chi connectivity index (χ2n) is 6.91. The third-order valence-electron chi connectivity index (χ3n) is 5.28. The molecule has 0 aromatic carbocycles. The highest BCUT2D eigenvalue weighted by molar-refractivity contribution is 6.00. The van der Waals surface area contributed by atoms with E-state index in [0.29, 0.717) is 36.6 Å². The first-order valence-electron chi connectivity index (χ1n) is 8.28. The summed E-state index contributed by atoms with van der Waals surface area (Å²) in [6.07, 6.45) is 1.89. The summed E-state index contributed by atoms with van der Waals surface area (Å²) in [5.41, 5.74) is 1.50. The Balaban J connectivity index is 1.90. The van der Waals surface area contributed by atoms with Crippen molar-refractivity contribution in [3.05, 3.63) is 22.5 Å². The predicted octanol–water partition coefficient (Wildman–Crippen LogP) is 1.41. The van der Waals surface area contributed by atoms with Crippen molar-refractivity contribution in [1.29, 1.82) is 0 Å². The van der Waals surface area contributed by atoms with Gasteiger partial charge in [0, 0.05) is 38.3 Å². The molecule has 0 spiro atoms. The van der Waals surface area contributed by atoms with Crippen molar-refractivity contribution in [2.75, 3.05) is 19.6 Å². The third-order valence-corrected chi connectivity index (χ3v) is 5.28. The number of nitrogens with zero attached hydrogens (tertiary/aromatic N) is 2. The largest absolute Gasteiger partial charge is 0.478 e. The zero-order valence-corrected chi connectivity index (χ0v) is 14.3. The molecule has 0 saturated carbocycles. The number of aromatic amines is 1. The van der Waals surface area contributed by atoms with Gasteiger partial charge >= 0.3 is 5.97 Å². The number of rotatable bonds is 2. The van der Waals surface area contributed by atoms with Crippen LogP contribution in [0.1, 0.15) is 51.9 Å². The number of fused-ring (bicyclic) bond motifs is 4. The van der Waals surface area contributed by atoms with Crippen LogP contribution < -0.4 is 0 Å². The summed E-state index contributed by atoms with van der Waals surface area (Å²) >= 11 is 0. The van der Waals surface area contributed by atoms with Gasteiger partial charge in [0.1, 0.15) is 5.69 Å². The van der Waals surface area contributed by atoms with Crippen molar-refractivity contribution in [2.24, 2.45) is 5.92 Å². The van der Waals surface area contributed by atoms with Gasteiger partial charge in [-0.2, -0.15) is 0 Å². The third kappa shape index (κ3) is 2.68. The van der Waals surface area contributed by atoms with E-state index < -0.39 is 5.97 Å². The Kier molecular flexibility index (Phi) is 4.11. The Morgan fingerprint density at radius 1 is 1.12 bits per heavy atom. The lowest BCUT2D eigenvalue weighted by atomic mass is 9.94. The van der Waals surface area contributed by atoms with Crippen LogP contribution in [0.5, 0.6) is 0 Å². The molecule has 3 fully saturated rings. The van der Waals surface area contributed by atoms with E-state index in [4.69, 9.17) is 0 Å². The molecule has 130 valence electrons. The first-order valence-corrected chi connectivity index (χ1v) is 8.28. The molecule has 4 rings (SSSR count). The number of carboxylic acids is 1. The number of nitrogens with one attached hydrogen (secondary N) is 1. The maximum absolute atomic E-state index is 13.0. The number of hydrogen-bond donors (Lipinski definition) is 2. The van der Waals surface area contributed by atoms with Crippen molar-refractivity contribution in [2.45, 2.75) is 39.7 Å². The van der Waals surface area contributed by atoms with E-state index >= 15 is 0 Å². The van der Waals surface area contributed by atoms with E-state index in [1.165, 1.54) is 0 Å². The van der Waals surface area contributed by atoms with Gasteiger partial charge in [-0.05, 0) is 38.2 Å². The van der Waals surface area contributed by atoms with Gasteiger partial charge in [0.05, 0.1) is 5.56 Å². The summed E-state index contributed by atoms with van der Waals surface area (Å²) < 4.78 is 0. The highest BCUT2D eigenvalue weighted by Crippen LogP contribution is 2.30. The van der Waals surface area contributed by atoms with Crippen molar-refractivity contribution in [3.63, 3.8) is 0 Å². The van der Waals surface area contributed by atoms with E-state index in [1.807, 2.05) is 9.80 Å². The fourth-order valence-electron chi connectivity index (χ4n) is 4.02. The smallest absolute Gasteiger partial charge is 0.337 e. The maximum atomic E-state index is 13.0. The fourth-order valence-corrected chi connectivity index (χ4v) is 4.02. The molecule has 0 unspecified atom stereocenters. The average molecular weight is 333 g/mol. The molecule has 2 atom stereocenters. The normalized spacial score (nSPS) is 23.3. The van der Waals surface area contributed by atoms with Gasteiger partial charge in [-0.15, -0.1) is 0 Å². The molecule has 7 nitrogen and oxygen atoms in total. The number of carbonyl (C=O) groups excluding carboxylic acids is 2. The first kappa shape index (κ1) is 16.5. The summed E-state index contributed by atoms with van der Waals surface area (Å²) in [6.45, 7) is 6.76. The molecule has 1 aromatic heterocycles. The summed E-state index contributed by atoms with van der Waals surface area (Å²) in [7, 11) is 0. The Bertz CT molecular complexity index is 709. The zero-order valence-electron chi connectivity index (χ0n) is 14.3. The second-order valence-corrected chi connectivity index (χ2v) is 6.91. The van der Waals surface area contributed by atoms with Crippen LogP contribution in [0.2, 0.25) is 0 Å². The molecule has 3 saturated heterocycles. The molecule has 3 aliphatic rings. The summed E-state index contributed by atoms with van der Waals surface area (Å²) in [5, 5.41) is 9.31. The van der Waals surface area contributed by atoms with Crippen LogP contribution >= 0.6 is 0 Å². The molecule has 2 bridgehead atoms. The number of H-pyrrole nitrogens is 1. The number of aromatic nitrogens is 1. The molecule has 7 heteroatoms. The quantitative estimate of drug-likeness (QED) is 0.856. The van der Waals surface area contributed by atoms with Crippen molar-refractivity contribution < 1.29 is 19.5 Å². The molecular formula is C17H23N3O4. The minimum atomic E-state index is -1.03. The van der Waals surface area contributed by atoms with Crippen LogP contribution in [-0.4, -0.2) is 63.4 Å². The first-order chi connectivity index (χ1) is 11.3. The molecular weight excluding hydrogens is 310 g/mol. The van der Waals surface area contributed by atoms with E-state index in [9.17, 15) is 19.5 Å². The molecule has 2 amide bonds. The Morgan fingerprint density at radius 3 is 2.42 bits per heavy atom. The predicted molar refractivity (Wildman–Crippen MR) is 87.0 cm³/mol. The summed E-state index contributed by atoms with van der Waals surface area (Å²) in [5.74, 6) is -0.864. The second kappa shape index (κ2) is 5.96. The van der Waals surface area contributed by atoms with E-state index in [1.54, 1.807) is 20.8 Å². The Hall–Kier alpha value is -2.31. The maximum Gasteiger partial charge on any atom is 0.337 e. The molecule has 0 radical (unpaired) electrons. The monoisotopic (exact) mass is 333 g/mol. The van der Waals surface area contributed by atoms with Crippen molar-refractivity contribution in [3.8, 4) is 0 Å². The van der Waals surface area contributed by atoms with Crippen LogP contribution in [0.4, 0.5) is 0 Å². The highest BCUT2D eigenvalue weighted by atomic mass is 16.4. The summed E-state index contributed by atoms with van der Waals surface area (Å²) in [6, 6.07) is -0.00330. The molecule has 3 aliphatic heterocycles. The van der Waals surface area contributed by atoms with Crippen LogP contribution in [0, 0.1) is 19.8 Å². The standard InChI is InChI=1S/C17H23N3O4/c1-9-14(17(23)24)10(2)18-15(9)16(22)20-7-12-4-5-13(20)8-19(6-12)11(3)21/h12-13,18H,4-8H2,1-3H3,(H,23,24)/t12-,13+/m0/s1. The molecule has 4 heterocycles. The highest BCUT2D eigenvalue weighted by Gasteiger charge is 2.39. The summed E-state index contributed by atoms with van der Waals surface area (Å²) in [4.78, 5) is 42.7. The van der Waals surface area contributed by atoms with Gasteiger partial charge in [0.15, 0.2) is 0 Å². The van der Waals surface area contributed by atoms with Crippen molar-refractivity contribution in [1.82, 2.24) is 14.8 Å². The number of aryl methyl sites for hydroxylation is 1. The number of hydrogen-bond acceptors (Lipinski definition) is 3. The SMILES string of the molecule is CC(=O)N1C[C@@H]2CC[C@H](C1)N(C(=O)c1[nH]c(C)c(C(=O)O)c1C)C2. The number of aromatic carboxylic acids is 1. The molecule has 2 N–H and O–H groups in total. The average Bonchev–Trinajstić information content (AvgIpc) is 2.70. The zero-order chi connectivity index (χ0) is 17.6. The van der Waals surface area contributed by atoms with Crippen LogP contribution in [0.15, 0.2) is 0 Å². The Labute approximate surface area is 140 Å². The van der Waals surface area contributed by atoms with Crippen LogP contribution in [-0.2, 0) is 4.79 Å². The van der Waals surface area contributed by atoms with E-state index in [-0.39, 0.29) is 29.3 Å². The molecule has 0 aliphatic carbocycles. The van der Waals surface area contributed by atoms with Gasteiger partial charge in [-0.3, -0.25) is 9.59 Å². The van der Waals surface area contributed by atoms with Gasteiger partial charge in [-0.1, -0.05) is 0 Å². The van der Waals surface area contributed by atoms with Gasteiger partial charge in [0.25, 0.3) is 5.91 Å². The number of amides is 2. The van der Waals surface area contributed by atoms with E-state index in [0.717, 1.165) is 12.8 Å². The lowest BCUT2D eigenvalue weighted by Crippen LogP contribution is -2.47. The van der Waals surface area contributed by atoms with Gasteiger partial charge < -0.3 is 19.9 Å². The topological polar surface area (TPSA) is 93.7 Å². The lowest BCUT2D eigenvalue weighted by molar-refractivity contribution is -0.129. The van der Waals surface area contributed by atoms with E-state index in [2.05, 4.69) is 4.98 Å². The van der Waals surface area contributed by atoms with Gasteiger partial charge in [0.2, 0.25) is 5.91 Å². The lowest BCUT2D eigenvalue weighted by Gasteiger charge is -2.36. The van der Waals surface area contributed by atoms with Crippen molar-refractivity contribution >= 4 is 17.8 Å². The minimum Gasteiger partial charge on any atom is -0.478 e. The minimum absolute atomic E-state index is 0.00330. The number of piperidine rings is 1. The number of carboxylic acid groups (broad SMARTS) is 1. The van der Waals surface area contributed by atoms with Gasteiger partial charge in [-0.25, -0.2) is 4.79 Å². The molecule has 24 heavy (non-hydrogen) atoms. The Morgan fingerprint density at radius 2 is 1.83 bits per heavy atom. The van der Waals surface area contributed by atoms with Crippen LogP contribution in [0.25, 0.3) is 0 Å². The van der Waals surface area contributed by atoms with Crippen LogP contribution in [0.3, 0.4) is 0 Å². The molecule has 1 aromatic rings. The number of carbonyl (C=O) groups is 3.